The Kier molecular flexibility index (Phi) is 14.4. The minimum Gasteiger partial charge on any atom is -0.480 e. The van der Waals surface area contributed by atoms with Crippen molar-refractivity contribution < 1.29 is 39.0 Å². The molecule has 0 rings (SSSR count). The van der Waals surface area contributed by atoms with Gasteiger partial charge in [0.15, 0.2) is 0 Å². The third kappa shape index (κ3) is 12.6. The number of nitrogens with two attached hydrogens (primary N) is 3. The van der Waals surface area contributed by atoms with Gasteiger partial charge in [-0.15, -0.1) is 0 Å². The predicted octanol–water partition coefficient (Wildman–Crippen LogP) is -3.87. The maximum Gasteiger partial charge on any atom is 0.328 e. The van der Waals surface area contributed by atoms with Crippen molar-refractivity contribution >= 4 is 47.3 Å². The quantitative estimate of drug-likeness (QED) is 0.0979. The molecule has 0 aromatic rings. The molecule has 0 saturated carbocycles. The summed E-state index contributed by atoms with van der Waals surface area (Å²) in [5.41, 5.74) is 15.8. The molecule has 0 aliphatic rings. The second-order valence-corrected chi connectivity index (χ2v) is 8.09. The van der Waals surface area contributed by atoms with Gasteiger partial charge in [-0.05, 0) is 31.3 Å². The van der Waals surface area contributed by atoms with Gasteiger partial charge in [-0.25, -0.2) is 4.79 Å². The maximum atomic E-state index is 12.8. The number of rotatable bonds is 17. The van der Waals surface area contributed by atoms with E-state index in [2.05, 4.69) is 16.0 Å². The van der Waals surface area contributed by atoms with Crippen molar-refractivity contribution in [3.63, 3.8) is 0 Å². The smallest absolute Gasteiger partial charge is 0.328 e. The summed E-state index contributed by atoms with van der Waals surface area (Å²) in [5.74, 6) is -4.89. The van der Waals surface area contributed by atoms with Crippen LogP contribution >= 0.6 is 11.8 Å². The van der Waals surface area contributed by atoms with Crippen LogP contribution < -0.4 is 33.2 Å². The molecule has 0 saturated heterocycles. The maximum absolute atomic E-state index is 12.8. The van der Waals surface area contributed by atoms with Crippen LogP contribution in [0.5, 0.6) is 0 Å². The highest BCUT2D eigenvalue weighted by Crippen LogP contribution is 2.05. The molecule has 15 heteroatoms. The zero-order chi connectivity index (χ0) is 25.6. The molecule has 14 nitrogen and oxygen atoms in total. The van der Waals surface area contributed by atoms with Crippen molar-refractivity contribution in [2.45, 2.75) is 56.3 Å². The van der Waals surface area contributed by atoms with E-state index >= 15 is 0 Å². The first-order valence-electron chi connectivity index (χ1n) is 9.98. The summed E-state index contributed by atoms with van der Waals surface area (Å²) >= 11 is 1.37. The van der Waals surface area contributed by atoms with Crippen LogP contribution in [0.15, 0.2) is 0 Å². The van der Waals surface area contributed by atoms with Crippen LogP contribution in [-0.2, 0) is 28.8 Å². The van der Waals surface area contributed by atoms with Crippen LogP contribution in [-0.4, -0.2) is 88.5 Å². The topological polar surface area (TPSA) is 257 Å². The summed E-state index contributed by atoms with van der Waals surface area (Å²) in [6.45, 7) is -0.856. The number of aliphatic carboxylic acids is 1. The first-order valence-corrected chi connectivity index (χ1v) is 11.4. The van der Waals surface area contributed by atoms with E-state index in [0.717, 1.165) is 0 Å². The van der Waals surface area contributed by atoms with E-state index in [4.69, 9.17) is 27.4 Å². The van der Waals surface area contributed by atoms with Crippen molar-refractivity contribution in [2.75, 3.05) is 18.6 Å². The van der Waals surface area contributed by atoms with Crippen LogP contribution in [0.25, 0.3) is 0 Å². The monoisotopic (exact) mass is 492 g/mol. The number of carbonyl (C=O) groups is 6. The summed E-state index contributed by atoms with van der Waals surface area (Å²) in [6, 6.07) is -5.20. The standard InChI is InChI=1S/C18H32N6O8S/c1-33-7-6-11(17(30)24-12(8-25)18(31)32)23-16(29)10(3-5-14(21)27)22-15(28)9(19)2-4-13(20)26/h9-12,25H,2-8,19H2,1H3,(H2,20,26)(H2,21,27)(H,22,28)(H,23,29)(H,24,30)(H,31,32). The lowest BCUT2D eigenvalue weighted by Gasteiger charge is -2.24. The molecule has 0 aromatic heterocycles. The van der Waals surface area contributed by atoms with E-state index in [1.54, 1.807) is 6.26 Å². The molecule has 0 spiro atoms. The number of nitrogens with one attached hydrogen (secondary N) is 3. The second-order valence-electron chi connectivity index (χ2n) is 7.10. The third-order valence-corrected chi connectivity index (χ3v) is 5.04. The van der Waals surface area contributed by atoms with Crippen LogP contribution in [0.3, 0.4) is 0 Å². The van der Waals surface area contributed by atoms with E-state index in [1.165, 1.54) is 11.8 Å². The van der Waals surface area contributed by atoms with E-state index in [1.807, 2.05) is 0 Å². The number of aliphatic hydroxyl groups is 1. The van der Waals surface area contributed by atoms with Crippen LogP contribution in [0.1, 0.15) is 32.1 Å². The number of hydrogen-bond donors (Lipinski definition) is 8. The van der Waals surface area contributed by atoms with Crippen molar-refractivity contribution in [1.82, 2.24) is 16.0 Å². The minimum absolute atomic E-state index is 0.0676. The first-order chi connectivity index (χ1) is 15.4. The van der Waals surface area contributed by atoms with Gasteiger partial charge in [-0.1, -0.05) is 0 Å². The number of aliphatic hydroxyl groups excluding tert-OH is 1. The van der Waals surface area contributed by atoms with Gasteiger partial charge >= 0.3 is 5.97 Å². The normalized spacial score (nSPS) is 14.3. The van der Waals surface area contributed by atoms with Crippen LogP contribution in [0.2, 0.25) is 0 Å². The Balaban J connectivity index is 5.41. The Morgan fingerprint density at radius 3 is 1.70 bits per heavy atom. The number of thioether (sulfide) groups is 1. The molecule has 5 amide bonds. The Morgan fingerprint density at radius 1 is 0.788 bits per heavy atom. The molecular weight excluding hydrogens is 460 g/mol. The molecule has 33 heavy (non-hydrogen) atoms. The van der Waals surface area contributed by atoms with Gasteiger partial charge in [0.05, 0.1) is 12.6 Å². The molecule has 0 aliphatic heterocycles. The Bertz CT molecular complexity index is 722. The van der Waals surface area contributed by atoms with Crippen molar-refractivity contribution in [2.24, 2.45) is 17.2 Å². The largest absolute Gasteiger partial charge is 0.480 e. The third-order valence-electron chi connectivity index (χ3n) is 4.39. The summed E-state index contributed by atoms with van der Waals surface area (Å²) in [5, 5.41) is 25.0. The van der Waals surface area contributed by atoms with Gasteiger partial charge in [0.25, 0.3) is 0 Å². The molecule has 4 unspecified atom stereocenters. The predicted molar refractivity (Wildman–Crippen MR) is 118 cm³/mol. The lowest BCUT2D eigenvalue weighted by molar-refractivity contribution is -0.143. The Labute approximate surface area is 194 Å². The summed E-state index contributed by atoms with van der Waals surface area (Å²) in [6.07, 6.45) is 1.20. The molecule has 0 aromatic carbocycles. The zero-order valence-electron chi connectivity index (χ0n) is 18.2. The van der Waals surface area contributed by atoms with Gasteiger partial charge in [-0.2, -0.15) is 11.8 Å². The average molecular weight is 493 g/mol. The first kappa shape index (κ1) is 30.1. The molecule has 188 valence electrons. The number of hydrogen-bond acceptors (Lipinski definition) is 9. The fourth-order valence-corrected chi connectivity index (χ4v) is 2.97. The molecule has 0 aliphatic carbocycles. The molecule has 0 heterocycles. The number of carbonyl (C=O) groups excluding carboxylic acids is 5. The van der Waals surface area contributed by atoms with Gasteiger partial charge in [0.1, 0.15) is 18.1 Å². The molecule has 0 radical (unpaired) electrons. The molecule has 0 fully saturated rings. The summed E-state index contributed by atoms with van der Waals surface area (Å²) in [4.78, 5) is 70.7. The summed E-state index contributed by atoms with van der Waals surface area (Å²) < 4.78 is 0. The second kappa shape index (κ2) is 15.8. The van der Waals surface area contributed by atoms with Gasteiger partial charge in [0, 0.05) is 12.8 Å². The van der Waals surface area contributed by atoms with Gasteiger partial charge < -0.3 is 43.4 Å². The Hall–Kier alpha value is -2.91. The van der Waals surface area contributed by atoms with E-state index in [-0.39, 0.29) is 32.1 Å². The highest BCUT2D eigenvalue weighted by molar-refractivity contribution is 7.98. The number of primary amides is 2. The summed E-state index contributed by atoms with van der Waals surface area (Å²) in [7, 11) is 0. The Morgan fingerprint density at radius 2 is 1.24 bits per heavy atom. The van der Waals surface area contributed by atoms with E-state index in [9.17, 15) is 28.8 Å². The molecule has 11 N–H and O–H groups in total. The molecule has 4 atom stereocenters. The number of carboxylic acid groups (broad SMARTS) is 1. The van der Waals surface area contributed by atoms with Crippen LogP contribution in [0, 0.1) is 0 Å². The molecule has 0 bridgehead atoms. The fourth-order valence-electron chi connectivity index (χ4n) is 2.50. The highest BCUT2D eigenvalue weighted by atomic mass is 32.2. The van der Waals surface area contributed by atoms with Crippen molar-refractivity contribution in [1.29, 1.82) is 0 Å². The lowest BCUT2D eigenvalue weighted by Crippen LogP contribution is -2.57. The van der Waals surface area contributed by atoms with E-state index in [0.29, 0.717) is 5.75 Å². The molecular formula is C18H32N6O8S. The zero-order valence-corrected chi connectivity index (χ0v) is 19.1. The van der Waals surface area contributed by atoms with Gasteiger partial charge in [0.2, 0.25) is 29.5 Å². The van der Waals surface area contributed by atoms with Gasteiger partial charge in [-0.3, -0.25) is 24.0 Å². The number of amides is 5. The lowest BCUT2D eigenvalue weighted by atomic mass is 10.1. The van der Waals surface area contributed by atoms with Crippen LogP contribution in [0.4, 0.5) is 0 Å². The fraction of sp³-hybridized carbons (Fsp3) is 0.667. The highest BCUT2D eigenvalue weighted by Gasteiger charge is 2.30. The minimum atomic E-state index is -1.57. The van der Waals surface area contributed by atoms with Crippen molar-refractivity contribution in [3.8, 4) is 0 Å². The number of carboxylic acids is 1. The van der Waals surface area contributed by atoms with Crippen molar-refractivity contribution in [3.05, 3.63) is 0 Å². The van der Waals surface area contributed by atoms with E-state index < -0.39 is 66.3 Å². The SMILES string of the molecule is CSCCC(NC(=O)C(CCC(N)=O)NC(=O)C(N)CCC(N)=O)C(=O)NC(CO)C(=O)O. The average Bonchev–Trinajstić information content (AvgIpc) is 2.74.